The second-order valence-electron chi connectivity index (χ2n) is 3.55. The minimum atomic E-state index is 0.233. The highest BCUT2D eigenvalue weighted by atomic mass is 16.5. The summed E-state index contributed by atoms with van der Waals surface area (Å²) in [6.07, 6.45) is 0.422. The fourth-order valence-electron chi connectivity index (χ4n) is 1.44. The summed E-state index contributed by atoms with van der Waals surface area (Å²) in [4.78, 5) is 4.17. The number of phenols is 1. The van der Waals surface area contributed by atoms with Gasteiger partial charge in [-0.05, 0) is 13.0 Å². The molecule has 90 valence electrons. The lowest BCUT2D eigenvalue weighted by molar-refractivity contribution is 0.126. The highest BCUT2D eigenvalue weighted by Crippen LogP contribution is 2.18. The number of aromatic nitrogens is 2. The lowest BCUT2D eigenvalue weighted by atomic mass is 10.1. The molecule has 0 saturated carbocycles. The maximum Gasteiger partial charge on any atom is 0.231 e. The average molecular weight is 234 g/mol. The first kappa shape index (κ1) is 11.6. The molecule has 1 aromatic heterocycles. The van der Waals surface area contributed by atoms with Crippen LogP contribution in [0.15, 0.2) is 28.8 Å². The zero-order valence-electron chi connectivity index (χ0n) is 9.59. The Morgan fingerprint density at radius 2 is 2.18 bits per heavy atom. The minimum absolute atomic E-state index is 0.233. The Kier molecular flexibility index (Phi) is 3.72. The van der Waals surface area contributed by atoms with Crippen LogP contribution in [0.1, 0.15) is 24.2 Å². The molecule has 0 radical (unpaired) electrons. The molecule has 1 aromatic carbocycles. The van der Waals surface area contributed by atoms with Gasteiger partial charge in [-0.25, -0.2) is 0 Å². The Morgan fingerprint density at radius 3 is 2.94 bits per heavy atom. The van der Waals surface area contributed by atoms with Gasteiger partial charge in [0.2, 0.25) is 5.89 Å². The summed E-state index contributed by atoms with van der Waals surface area (Å²) in [5, 5.41) is 13.4. The van der Waals surface area contributed by atoms with Crippen molar-refractivity contribution in [1.29, 1.82) is 0 Å². The van der Waals surface area contributed by atoms with Crippen molar-refractivity contribution in [2.24, 2.45) is 0 Å². The van der Waals surface area contributed by atoms with E-state index in [9.17, 15) is 5.11 Å². The van der Waals surface area contributed by atoms with Crippen molar-refractivity contribution >= 4 is 0 Å². The van der Waals surface area contributed by atoms with Gasteiger partial charge in [-0.15, -0.1) is 0 Å². The van der Waals surface area contributed by atoms with E-state index in [4.69, 9.17) is 9.26 Å². The number of para-hydroxylation sites is 1. The zero-order chi connectivity index (χ0) is 12.1. The lowest BCUT2D eigenvalue weighted by Crippen LogP contribution is -1.94. The van der Waals surface area contributed by atoms with Crippen LogP contribution in [0.2, 0.25) is 0 Å². The van der Waals surface area contributed by atoms with E-state index in [1.165, 1.54) is 0 Å². The molecule has 0 aliphatic heterocycles. The van der Waals surface area contributed by atoms with Gasteiger partial charge < -0.3 is 14.4 Å². The molecule has 2 rings (SSSR count). The number of phenolic OH excluding ortho intramolecular Hbond substituents is 1. The summed E-state index contributed by atoms with van der Waals surface area (Å²) in [6.45, 7) is 2.87. The third-order valence-corrected chi connectivity index (χ3v) is 2.28. The average Bonchev–Trinajstić information content (AvgIpc) is 2.77. The van der Waals surface area contributed by atoms with Gasteiger partial charge >= 0.3 is 0 Å². The minimum Gasteiger partial charge on any atom is -0.508 e. The highest BCUT2D eigenvalue weighted by Gasteiger charge is 2.09. The SMILES string of the molecule is CCOCc1noc(Cc2ccccc2O)n1. The van der Waals surface area contributed by atoms with Crippen LogP contribution in [0.4, 0.5) is 0 Å². The van der Waals surface area contributed by atoms with Crippen molar-refractivity contribution in [3.8, 4) is 5.75 Å². The summed E-state index contributed by atoms with van der Waals surface area (Å²) >= 11 is 0. The van der Waals surface area contributed by atoms with Gasteiger partial charge in [0.1, 0.15) is 12.4 Å². The van der Waals surface area contributed by atoms with E-state index in [0.29, 0.717) is 31.3 Å². The van der Waals surface area contributed by atoms with Crippen LogP contribution in [-0.4, -0.2) is 21.9 Å². The summed E-state index contributed by atoms with van der Waals surface area (Å²) in [5.41, 5.74) is 0.763. The molecular weight excluding hydrogens is 220 g/mol. The smallest absolute Gasteiger partial charge is 0.231 e. The van der Waals surface area contributed by atoms with Crippen molar-refractivity contribution in [3.63, 3.8) is 0 Å². The van der Waals surface area contributed by atoms with E-state index in [0.717, 1.165) is 5.56 Å². The molecule has 5 nitrogen and oxygen atoms in total. The maximum absolute atomic E-state index is 9.61. The van der Waals surface area contributed by atoms with Crippen LogP contribution in [0.25, 0.3) is 0 Å². The first-order valence-electron chi connectivity index (χ1n) is 5.45. The number of aromatic hydroxyl groups is 1. The van der Waals surface area contributed by atoms with E-state index in [1.54, 1.807) is 12.1 Å². The summed E-state index contributed by atoms with van der Waals surface area (Å²) < 4.78 is 10.2. The van der Waals surface area contributed by atoms with Gasteiger partial charge in [0, 0.05) is 12.2 Å². The summed E-state index contributed by atoms with van der Waals surface area (Å²) in [5.74, 6) is 1.23. The fourth-order valence-corrected chi connectivity index (χ4v) is 1.44. The summed E-state index contributed by atoms with van der Waals surface area (Å²) in [6, 6.07) is 7.08. The first-order chi connectivity index (χ1) is 8.29. The number of benzene rings is 1. The number of ether oxygens (including phenoxy) is 1. The monoisotopic (exact) mass is 234 g/mol. The molecule has 0 unspecified atom stereocenters. The van der Waals surface area contributed by atoms with Crippen molar-refractivity contribution in [1.82, 2.24) is 10.1 Å². The Labute approximate surface area is 99.0 Å². The molecule has 17 heavy (non-hydrogen) atoms. The van der Waals surface area contributed by atoms with Crippen LogP contribution < -0.4 is 0 Å². The Balaban J connectivity index is 2.04. The molecule has 5 heteroatoms. The molecule has 0 aliphatic rings. The van der Waals surface area contributed by atoms with Gasteiger partial charge in [-0.3, -0.25) is 0 Å². The van der Waals surface area contributed by atoms with Crippen LogP contribution in [-0.2, 0) is 17.8 Å². The van der Waals surface area contributed by atoms with E-state index in [-0.39, 0.29) is 5.75 Å². The lowest BCUT2D eigenvalue weighted by Gasteiger charge is -1.99. The van der Waals surface area contributed by atoms with Crippen molar-refractivity contribution < 1.29 is 14.4 Å². The molecule has 0 atom stereocenters. The quantitative estimate of drug-likeness (QED) is 0.855. The van der Waals surface area contributed by atoms with E-state index in [1.807, 2.05) is 19.1 Å². The topological polar surface area (TPSA) is 68.4 Å². The summed E-state index contributed by atoms with van der Waals surface area (Å²) in [7, 11) is 0. The van der Waals surface area contributed by atoms with Gasteiger partial charge in [0.25, 0.3) is 0 Å². The maximum atomic E-state index is 9.61. The van der Waals surface area contributed by atoms with E-state index < -0.39 is 0 Å². The largest absolute Gasteiger partial charge is 0.508 e. The molecule has 0 amide bonds. The molecule has 0 fully saturated rings. The van der Waals surface area contributed by atoms with Gasteiger partial charge in [0.05, 0.1) is 6.42 Å². The number of hydrogen-bond donors (Lipinski definition) is 1. The molecule has 0 bridgehead atoms. The van der Waals surface area contributed by atoms with E-state index in [2.05, 4.69) is 10.1 Å². The Bertz CT molecular complexity index is 482. The van der Waals surface area contributed by atoms with Crippen molar-refractivity contribution in [2.45, 2.75) is 20.0 Å². The highest BCUT2D eigenvalue weighted by molar-refractivity contribution is 5.33. The van der Waals surface area contributed by atoms with Crippen molar-refractivity contribution in [3.05, 3.63) is 41.5 Å². The predicted molar refractivity (Wildman–Crippen MR) is 60.5 cm³/mol. The molecule has 2 aromatic rings. The predicted octanol–water partition coefficient (Wildman–Crippen LogP) is 1.90. The van der Waals surface area contributed by atoms with Crippen LogP contribution in [0.3, 0.4) is 0 Å². The van der Waals surface area contributed by atoms with E-state index >= 15 is 0 Å². The molecule has 1 N–H and O–H groups in total. The van der Waals surface area contributed by atoms with Crippen LogP contribution in [0, 0.1) is 0 Å². The van der Waals surface area contributed by atoms with Crippen LogP contribution in [0.5, 0.6) is 5.75 Å². The van der Waals surface area contributed by atoms with Gasteiger partial charge in [0.15, 0.2) is 5.82 Å². The van der Waals surface area contributed by atoms with Crippen LogP contribution >= 0.6 is 0 Å². The van der Waals surface area contributed by atoms with Gasteiger partial charge in [-0.1, -0.05) is 23.4 Å². The number of hydrogen-bond acceptors (Lipinski definition) is 5. The third kappa shape index (κ3) is 3.04. The zero-order valence-corrected chi connectivity index (χ0v) is 9.59. The third-order valence-electron chi connectivity index (χ3n) is 2.28. The molecule has 1 heterocycles. The fraction of sp³-hybridized carbons (Fsp3) is 0.333. The Morgan fingerprint density at radius 1 is 1.35 bits per heavy atom. The Hall–Kier alpha value is -1.88. The number of nitrogens with zero attached hydrogens (tertiary/aromatic N) is 2. The number of rotatable bonds is 5. The second-order valence-corrected chi connectivity index (χ2v) is 3.55. The molecule has 0 aliphatic carbocycles. The second kappa shape index (κ2) is 5.45. The molecule has 0 spiro atoms. The molecule has 0 saturated heterocycles. The first-order valence-corrected chi connectivity index (χ1v) is 5.45. The van der Waals surface area contributed by atoms with Gasteiger partial charge in [-0.2, -0.15) is 4.98 Å². The van der Waals surface area contributed by atoms with Crippen molar-refractivity contribution in [2.75, 3.05) is 6.61 Å². The molecular formula is C12H14N2O3. The normalized spacial score (nSPS) is 10.6. The standard InChI is InChI=1S/C12H14N2O3/c1-2-16-8-11-13-12(17-14-11)7-9-5-3-4-6-10(9)15/h3-6,15H,2,7-8H2,1H3.